The molecule has 0 spiro atoms. The van der Waals surface area contributed by atoms with Crippen LogP contribution in [0.15, 0.2) is 0 Å². The lowest BCUT2D eigenvalue weighted by molar-refractivity contribution is 0.250. The van der Waals surface area contributed by atoms with E-state index in [1.54, 1.807) is 0 Å². The highest BCUT2D eigenvalue weighted by atomic mass is 35.5. The molecule has 2 aliphatic rings. The first-order valence-corrected chi connectivity index (χ1v) is 6.95. The summed E-state index contributed by atoms with van der Waals surface area (Å²) >= 11 is 7.28. The number of nitrogens with one attached hydrogen (secondary N) is 1. The second-order valence-electron chi connectivity index (χ2n) is 4.61. The third-order valence-corrected chi connectivity index (χ3v) is 4.41. The van der Waals surface area contributed by atoms with Crippen molar-refractivity contribution in [2.24, 2.45) is 0 Å². The minimum absolute atomic E-state index is 0.546. The quantitative estimate of drug-likeness (QED) is 0.873. The van der Waals surface area contributed by atoms with Gasteiger partial charge in [0.1, 0.15) is 5.01 Å². The standard InChI is InChI=1S/C10H15ClN4S/c11-10-14-13-9(16-10)6-15-4-3-7-1-2-8(5-15)12-7/h7-8,12H,1-6H2. The molecule has 3 heterocycles. The second kappa shape index (κ2) is 4.56. The Balaban J connectivity index is 1.63. The number of aromatic nitrogens is 2. The zero-order chi connectivity index (χ0) is 11.0. The van der Waals surface area contributed by atoms with Crippen molar-refractivity contribution < 1.29 is 0 Å². The Kier molecular flexibility index (Phi) is 3.11. The Morgan fingerprint density at radius 1 is 1.31 bits per heavy atom. The minimum atomic E-state index is 0.546. The zero-order valence-corrected chi connectivity index (χ0v) is 10.6. The lowest BCUT2D eigenvalue weighted by Gasteiger charge is -2.22. The Labute approximate surface area is 104 Å². The van der Waals surface area contributed by atoms with Gasteiger partial charge in [-0.2, -0.15) is 0 Å². The zero-order valence-electron chi connectivity index (χ0n) is 9.03. The first-order chi connectivity index (χ1) is 7.79. The van der Waals surface area contributed by atoms with Gasteiger partial charge in [-0.25, -0.2) is 0 Å². The molecule has 88 valence electrons. The van der Waals surface area contributed by atoms with Gasteiger partial charge in [-0.3, -0.25) is 4.90 Å². The first kappa shape index (κ1) is 10.9. The van der Waals surface area contributed by atoms with Crippen LogP contribution in [0, 0.1) is 0 Å². The van der Waals surface area contributed by atoms with Crippen molar-refractivity contribution in [2.45, 2.75) is 37.9 Å². The number of likely N-dealkylation sites (tertiary alicyclic amines) is 1. The van der Waals surface area contributed by atoms with E-state index >= 15 is 0 Å². The van der Waals surface area contributed by atoms with Crippen molar-refractivity contribution in [3.8, 4) is 0 Å². The average Bonchev–Trinajstić information content (AvgIpc) is 2.77. The van der Waals surface area contributed by atoms with Gasteiger partial charge in [0.25, 0.3) is 0 Å². The average molecular weight is 259 g/mol. The summed E-state index contributed by atoms with van der Waals surface area (Å²) in [5.74, 6) is 0. The van der Waals surface area contributed by atoms with Crippen molar-refractivity contribution in [2.75, 3.05) is 13.1 Å². The summed E-state index contributed by atoms with van der Waals surface area (Å²) in [5.41, 5.74) is 0. The summed E-state index contributed by atoms with van der Waals surface area (Å²) in [5, 5.41) is 12.6. The van der Waals surface area contributed by atoms with E-state index in [0.717, 1.165) is 30.7 Å². The van der Waals surface area contributed by atoms with Crippen molar-refractivity contribution in [1.29, 1.82) is 0 Å². The summed E-state index contributed by atoms with van der Waals surface area (Å²) in [6.07, 6.45) is 3.92. The molecule has 2 fully saturated rings. The van der Waals surface area contributed by atoms with E-state index in [9.17, 15) is 0 Å². The van der Waals surface area contributed by atoms with Crippen LogP contribution in [-0.4, -0.2) is 40.3 Å². The summed E-state index contributed by atoms with van der Waals surface area (Å²) in [7, 11) is 0. The van der Waals surface area contributed by atoms with Crippen LogP contribution < -0.4 is 5.32 Å². The maximum absolute atomic E-state index is 5.79. The first-order valence-electron chi connectivity index (χ1n) is 5.76. The highest BCUT2D eigenvalue weighted by Gasteiger charge is 2.29. The maximum atomic E-state index is 5.79. The molecule has 0 radical (unpaired) electrons. The number of nitrogens with zero attached hydrogens (tertiary/aromatic N) is 3. The Morgan fingerprint density at radius 3 is 3.00 bits per heavy atom. The molecule has 0 amide bonds. The van der Waals surface area contributed by atoms with E-state index in [-0.39, 0.29) is 0 Å². The van der Waals surface area contributed by atoms with Gasteiger partial charge < -0.3 is 5.32 Å². The van der Waals surface area contributed by atoms with Gasteiger partial charge in [-0.1, -0.05) is 11.3 Å². The van der Waals surface area contributed by atoms with E-state index in [4.69, 9.17) is 11.6 Å². The minimum Gasteiger partial charge on any atom is -0.310 e. The number of halogens is 1. The van der Waals surface area contributed by atoms with Crippen LogP contribution >= 0.6 is 22.9 Å². The number of hydrogen-bond acceptors (Lipinski definition) is 5. The van der Waals surface area contributed by atoms with Crippen molar-refractivity contribution >= 4 is 22.9 Å². The maximum Gasteiger partial charge on any atom is 0.207 e. The molecule has 0 saturated carbocycles. The fourth-order valence-electron chi connectivity index (χ4n) is 2.65. The molecule has 6 heteroatoms. The molecule has 16 heavy (non-hydrogen) atoms. The van der Waals surface area contributed by atoms with Gasteiger partial charge in [-0.05, 0) is 30.9 Å². The molecule has 2 saturated heterocycles. The highest BCUT2D eigenvalue weighted by molar-refractivity contribution is 7.15. The van der Waals surface area contributed by atoms with Gasteiger partial charge in [0.15, 0.2) is 0 Å². The summed E-state index contributed by atoms with van der Waals surface area (Å²) in [6, 6.07) is 1.42. The van der Waals surface area contributed by atoms with E-state index in [0.29, 0.717) is 10.5 Å². The van der Waals surface area contributed by atoms with Crippen LogP contribution in [0.25, 0.3) is 0 Å². The van der Waals surface area contributed by atoms with Crippen LogP contribution in [-0.2, 0) is 6.54 Å². The van der Waals surface area contributed by atoms with Crippen LogP contribution in [0.2, 0.25) is 4.47 Å². The number of fused-ring (bicyclic) bond motifs is 2. The van der Waals surface area contributed by atoms with Crippen LogP contribution in [0.4, 0.5) is 0 Å². The van der Waals surface area contributed by atoms with E-state index < -0.39 is 0 Å². The molecule has 0 aliphatic carbocycles. The fourth-order valence-corrected chi connectivity index (χ4v) is 3.56. The SMILES string of the molecule is Clc1nnc(CN2CCC3CCC(C2)N3)s1. The van der Waals surface area contributed by atoms with Crippen molar-refractivity contribution in [3.63, 3.8) is 0 Å². The van der Waals surface area contributed by atoms with Gasteiger partial charge in [0.05, 0.1) is 6.54 Å². The second-order valence-corrected chi connectivity index (χ2v) is 6.25. The molecule has 1 aromatic heterocycles. The molecule has 2 bridgehead atoms. The van der Waals surface area contributed by atoms with Crippen molar-refractivity contribution in [3.05, 3.63) is 9.47 Å². The summed E-state index contributed by atoms with van der Waals surface area (Å²) in [4.78, 5) is 2.47. The Bertz CT molecular complexity index is 369. The summed E-state index contributed by atoms with van der Waals surface area (Å²) in [6.45, 7) is 3.19. The van der Waals surface area contributed by atoms with Crippen LogP contribution in [0.5, 0.6) is 0 Å². The topological polar surface area (TPSA) is 41.1 Å². The van der Waals surface area contributed by atoms with Crippen LogP contribution in [0.1, 0.15) is 24.3 Å². The third kappa shape index (κ3) is 2.37. The van der Waals surface area contributed by atoms with E-state index in [1.165, 1.54) is 30.6 Å². The lowest BCUT2D eigenvalue weighted by atomic mass is 10.1. The number of rotatable bonds is 2. The lowest BCUT2D eigenvalue weighted by Crippen LogP contribution is -2.34. The predicted molar refractivity (Wildman–Crippen MR) is 64.8 cm³/mol. The Hall–Kier alpha value is -0.230. The predicted octanol–water partition coefficient (Wildman–Crippen LogP) is 1.52. The van der Waals surface area contributed by atoms with E-state index in [2.05, 4.69) is 20.4 Å². The largest absolute Gasteiger partial charge is 0.310 e. The third-order valence-electron chi connectivity index (χ3n) is 3.41. The van der Waals surface area contributed by atoms with E-state index in [1.807, 2.05) is 0 Å². The fraction of sp³-hybridized carbons (Fsp3) is 0.800. The van der Waals surface area contributed by atoms with Crippen molar-refractivity contribution in [1.82, 2.24) is 20.4 Å². The molecule has 4 nitrogen and oxygen atoms in total. The number of hydrogen-bond donors (Lipinski definition) is 1. The molecule has 0 aromatic carbocycles. The molecular formula is C10H15ClN4S. The highest BCUT2D eigenvalue weighted by Crippen LogP contribution is 2.23. The van der Waals surface area contributed by atoms with Gasteiger partial charge in [0, 0.05) is 25.2 Å². The molecule has 2 atom stereocenters. The normalized spacial score (nSPS) is 30.6. The van der Waals surface area contributed by atoms with Gasteiger partial charge >= 0.3 is 0 Å². The molecule has 1 aromatic rings. The molecule has 2 unspecified atom stereocenters. The molecular weight excluding hydrogens is 244 g/mol. The monoisotopic (exact) mass is 258 g/mol. The molecule has 3 rings (SSSR count). The van der Waals surface area contributed by atoms with Gasteiger partial charge in [0.2, 0.25) is 4.47 Å². The summed E-state index contributed by atoms with van der Waals surface area (Å²) < 4.78 is 0.546. The molecule has 1 N–H and O–H groups in total. The van der Waals surface area contributed by atoms with Crippen LogP contribution in [0.3, 0.4) is 0 Å². The smallest absolute Gasteiger partial charge is 0.207 e. The molecule has 2 aliphatic heterocycles. The Morgan fingerprint density at radius 2 is 2.19 bits per heavy atom. The van der Waals surface area contributed by atoms with Gasteiger partial charge in [-0.15, -0.1) is 10.2 Å².